The highest BCUT2D eigenvalue weighted by Gasteiger charge is 2.20. The van der Waals surface area contributed by atoms with E-state index in [1.807, 2.05) is 0 Å². The van der Waals surface area contributed by atoms with E-state index in [2.05, 4.69) is 6.92 Å². The molecule has 0 N–H and O–H groups in total. The summed E-state index contributed by atoms with van der Waals surface area (Å²) < 4.78 is 0. The first kappa shape index (κ1) is 17.4. The molecule has 0 aromatic heterocycles. The van der Waals surface area contributed by atoms with Gasteiger partial charge >= 0.3 is 0 Å². The van der Waals surface area contributed by atoms with Gasteiger partial charge in [0.2, 0.25) is 0 Å². The van der Waals surface area contributed by atoms with Gasteiger partial charge in [-0.3, -0.25) is 0 Å². The molecule has 2 aliphatic carbocycles. The molecule has 0 nitrogen and oxygen atoms in total. The first-order valence-corrected chi connectivity index (χ1v) is 10.4. The lowest BCUT2D eigenvalue weighted by molar-refractivity contribution is 0.320. The first-order valence-electron chi connectivity index (χ1n) is 10.4. The Morgan fingerprint density at radius 2 is 1.33 bits per heavy atom. The van der Waals surface area contributed by atoms with Crippen LogP contribution < -0.4 is 0 Å². The van der Waals surface area contributed by atoms with Crippen LogP contribution in [-0.4, -0.2) is 0 Å². The minimum absolute atomic E-state index is 1.07. The Balaban J connectivity index is 1.54. The van der Waals surface area contributed by atoms with Gasteiger partial charge in [-0.25, -0.2) is 0 Å². The van der Waals surface area contributed by atoms with Crippen molar-refractivity contribution >= 4 is 0 Å². The molecule has 0 aromatic carbocycles. The minimum Gasteiger partial charge on any atom is -0.0654 e. The summed E-state index contributed by atoms with van der Waals surface area (Å²) in [5, 5.41) is 0. The Labute approximate surface area is 134 Å². The summed E-state index contributed by atoms with van der Waals surface area (Å²) in [7, 11) is 0. The van der Waals surface area contributed by atoms with Crippen molar-refractivity contribution in [3.63, 3.8) is 0 Å². The number of unbranched alkanes of at least 4 members (excludes halogenated alkanes) is 3. The van der Waals surface area contributed by atoms with Crippen molar-refractivity contribution in [3.05, 3.63) is 0 Å². The second-order valence-corrected chi connectivity index (χ2v) is 8.18. The first-order chi connectivity index (χ1) is 10.4. The van der Waals surface area contributed by atoms with Crippen LogP contribution in [0.25, 0.3) is 0 Å². The molecule has 0 aromatic rings. The molecule has 0 heterocycles. The van der Waals surface area contributed by atoms with Gasteiger partial charge in [-0.2, -0.15) is 0 Å². The Bertz CT molecular complexity index is 232. The van der Waals surface area contributed by atoms with Gasteiger partial charge in [0, 0.05) is 0 Å². The molecule has 2 rings (SSSR count). The quantitative estimate of drug-likeness (QED) is 0.345. The highest BCUT2D eigenvalue weighted by atomic mass is 14.3. The van der Waals surface area contributed by atoms with Gasteiger partial charge in [0.25, 0.3) is 0 Å². The van der Waals surface area contributed by atoms with E-state index in [0.717, 1.165) is 17.8 Å². The standard InChI is InChI=1S/C21H40/c1-2-3-11-20(18-21-16-9-10-17-21)15-6-4-5-12-19-13-7-8-14-19/h19-21H,2-18H2,1H3. The van der Waals surface area contributed by atoms with Crippen LogP contribution >= 0.6 is 0 Å². The third kappa shape index (κ3) is 7.20. The van der Waals surface area contributed by atoms with E-state index in [9.17, 15) is 0 Å². The maximum absolute atomic E-state index is 2.36. The van der Waals surface area contributed by atoms with Gasteiger partial charge in [-0.15, -0.1) is 0 Å². The molecule has 0 aliphatic heterocycles. The van der Waals surface area contributed by atoms with Crippen molar-refractivity contribution in [2.45, 2.75) is 116 Å². The van der Waals surface area contributed by atoms with Crippen LogP contribution in [0, 0.1) is 17.8 Å². The SMILES string of the molecule is CCCCC(CCCCCC1CCCC1)CC1CCCC1. The van der Waals surface area contributed by atoms with E-state index < -0.39 is 0 Å². The number of hydrogen-bond donors (Lipinski definition) is 0. The van der Waals surface area contributed by atoms with Gasteiger partial charge in [-0.05, 0) is 24.2 Å². The van der Waals surface area contributed by atoms with Gasteiger partial charge in [0.15, 0.2) is 0 Å². The van der Waals surface area contributed by atoms with Crippen molar-refractivity contribution in [1.82, 2.24) is 0 Å². The normalized spacial score (nSPS) is 22.1. The summed E-state index contributed by atoms with van der Waals surface area (Å²) >= 11 is 0. The van der Waals surface area contributed by atoms with E-state index in [1.165, 1.54) is 64.2 Å². The number of hydrogen-bond acceptors (Lipinski definition) is 0. The second-order valence-electron chi connectivity index (χ2n) is 8.18. The van der Waals surface area contributed by atoms with E-state index in [4.69, 9.17) is 0 Å². The van der Waals surface area contributed by atoms with Crippen LogP contribution in [0.4, 0.5) is 0 Å². The molecule has 1 atom stereocenters. The molecule has 0 amide bonds. The predicted octanol–water partition coefficient (Wildman–Crippen LogP) is 7.51. The van der Waals surface area contributed by atoms with Crippen LogP contribution in [0.15, 0.2) is 0 Å². The highest BCUT2D eigenvalue weighted by molar-refractivity contribution is 4.72. The fourth-order valence-corrected chi connectivity index (χ4v) is 4.93. The lowest BCUT2D eigenvalue weighted by atomic mass is 9.85. The summed E-state index contributed by atoms with van der Waals surface area (Å²) in [6.45, 7) is 2.36. The second kappa shape index (κ2) is 10.7. The average molecular weight is 293 g/mol. The summed E-state index contributed by atoms with van der Waals surface area (Å²) in [6.07, 6.45) is 25.9. The van der Waals surface area contributed by atoms with Crippen LogP contribution in [0.5, 0.6) is 0 Å². The largest absolute Gasteiger partial charge is 0.0654 e. The zero-order chi connectivity index (χ0) is 14.8. The van der Waals surface area contributed by atoms with Gasteiger partial charge < -0.3 is 0 Å². The van der Waals surface area contributed by atoms with Gasteiger partial charge in [0.05, 0.1) is 0 Å². The van der Waals surface area contributed by atoms with E-state index in [-0.39, 0.29) is 0 Å². The third-order valence-corrected chi connectivity index (χ3v) is 6.31. The smallest absolute Gasteiger partial charge is 0.0412 e. The summed E-state index contributed by atoms with van der Waals surface area (Å²) in [6, 6.07) is 0. The average Bonchev–Trinajstić information content (AvgIpc) is 3.17. The molecule has 124 valence electrons. The summed E-state index contributed by atoms with van der Waals surface area (Å²) in [5.74, 6) is 3.28. The van der Waals surface area contributed by atoms with Crippen LogP contribution in [-0.2, 0) is 0 Å². The molecule has 0 radical (unpaired) electrons. The van der Waals surface area contributed by atoms with Crippen molar-refractivity contribution in [2.75, 3.05) is 0 Å². The molecular weight excluding hydrogens is 252 g/mol. The molecule has 0 spiro atoms. The molecule has 0 heteroatoms. The topological polar surface area (TPSA) is 0 Å². The van der Waals surface area contributed by atoms with Crippen molar-refractivity contribution in [2.24, 2.45) is 17.8 Å². The van der Waals surface area contributed by atoms with E-state index >= 15 is 0 Å². The number of rotatable bonds is 11. The lowest BCUT2D eigenvalue weighted by Crippen LogP contribution is -2.07. The lowest BCUT2D eigenvalue weighted by Gasteiger charge is -2.20. The van der Waals surface area contributed by atoms with Gasteiger partial charge in [0.1, 0.15) is 0 Å². The van der Waals surface area contributed by atoms with Crippen LogP contribution in [0.3, 0.4) is 0 Å². The Kier molecular flexibility index (Phi) is 8.83. The maximum Gasteiger partial charge on any atom is -0.0412 e. The van der Waals surface area contributed by atoms with Crippen molar-refractivity contribution in [3.8, 4) is 0 Å². The summed E-state index contributed by atoms with van der Waals surface area (Å²) in [4.78, 5) is 0. The van der Waals surface area contributed by atoms with Crippen LogP contribution in [0.2, 0.25) is 0 Å². The van der Waals surface area contributed by atoms with Crippen LogP contribution in [0.1, 0.15) is 116 Å². The molecule has 2 aliphatic rings. The molecule has 2 saturated carbocycles. The molecule has 0 saturated heterocycles. The Hall–Kier alpha value is 0. The van der Waals surface area contributed by atoms with Crippen molar-refractivity contribution < 1.29 is 0 Å². The maximum atomic E-state index is 2.36. The fraction of sp³-hybridized carbons (Fsp3) is 1.00. The highest BCUT2D eigenvalue weighted by Crippen LogP contribution is 2.34. The van der Waals surface area contributed by atoms with E-state index in [0.29, 0.717) is 0 Å². The predicted molar refractivity (Wildman–Crippen MR) is 94.6 cm³/mol. The van der Waals surface area contributed by atoms with Gasteiger partial charge in [-0.1, -0.05) is 110 Å². The Morgan fingerprint density at radius 1 is 0.714 bits per heavy atom. The zero-order valence-corrected chi connectivity index (χ0v) is 14.8. The monoisotopic (exact) mass is 292 g/mol. The Morgan fingerprint density at radius 3 is 2.00 bits per heavy atom. The third-order valence-electron chi connectivity index (χ3n) is 6.31. The molecule has 0 bridgehead atoms. The molecule has 2 fully saturated rings. The fourth-order valence-electron chi connectivity index (χ4n) is 4.93. The zero-order valence-electron chi connectivity index (χ0n) is 14.8. The van der Waals surface area contributed by atoms with E-state index in [1.54, 1.807) is 44.9 Å². The van der Waals surface area contributed by atoms with Crippen molar-refractivity contribution in [1.29, 1.82) is 0 Å². The minimum atomic E-state index is 1.07. The molecular formula is C21H40. The summed E-state index contributed by atoms with van der Waals surface area (Å²) in [5.41, 5.74) is 0. The molecule has 21 heavy (non-hydrogen) atoms. The molecule has 1 unspecified atom stereocenters.